The highest BCUT2D eigenvalue weighted by Crippen LogP contribution is 2.46. The maximum absolute atomic E-state index is 12.9. The molecule has 0 bridgehead atoms. The number of pyridine rings is 2. The molecular weight excluding hydrogens is 434 g/mol. The Hall–Kier alpha value is -4.22. The van der Waals surface area contributed by atoms with Crippen LogP contribution in [0.4, 0.5) is 11.5 Å². The van der Waals surface area contributed by atoms with Crippen LogP contribution < -0.4 is 10.0 Å². The number of nitrogens with one attached hydrogen (secondary N) is 2. The Morgan fingerprint density at radius 2 is 1.82 bits per heavy atom. The predicted octanol–water partition coefficient (Wildman–Crippen LogP) is 3.91. The van der Waals surface area contributed by atoms with E-state index in [4.69, 9.17) is 0 Å². The van der Waals surface area contributed by atoms with Crippen molar-refractivity contribution in [3.8, 4) is 6.07 Å². The Balaban J connectivity index is 1.65. The summed E-state index contributed by atoms with van der Waals surface area (Å²) in [6.07, 6.45) is 4.93. The van der Waals surface area contributed by atoms with Gasteiger partial charge in [0, 0.05) is 24.5 Å². The standard InChI is InChI=1S/C25H19N5O2S/c26-14-18-6-4-7-19(12-18)25(17-29-24-23(25)10-5-11-28-24)20-13-21(16-27-15-20)30-33(31,32)22-8-2-1-3-9-22/h1-13,15-16,30H,17H2,(H,28,29). The zero-order chi connectivity index (χ0) is 22.9. The van der Waals surface area contributed by atoms with Gasteiger partial charge >= 0.3 is 0 Å². The van der Waals surface area contributed by atoms with Gasteiger partial charge in [0.2, 0.25) is 0 Å². The Kier molecular flexibility index (Phi) is 5.04. The minimum Gasteiger partial charge on any atom is -0.368 e. The number of fused-ring (bicyclic) bond motifs is 1. The molecule has 3 heterocycles. The van der Waals surface area contributed by atoms with Gasteiger partial charge < -0.3 is 5.32 Å². The summed E-state index contributed by atoms with van der Waals surface area (Å²) in [5, 5.41) is 12.8. The van der Waals surface area contributed by atoms with Gasteiger partial charge in [-0.1, -0.05) is 36.4 Å². The van der Waals surface area contributed by atoms with Crippen LogP contribution in [-0.4, -0.2) is 24.9 Å². The van der Waals surface area contributed by atoms with Gasteiger partial charge in [0.1, 0.15) is 5.82 Å². The largest absolute Gasteiger partial charge is 0.368 e. The number of anilines is 2. The van der Waals surface area contributed by atoms with E-state index >= 15 is 0 Å². The fourth-order valence-electron chi connectivity index (χ4n) is 4.28. The first-order valence-electron chi connectivity index (χ1n) is 10.3. The van der Waals surface area contributed by atoms with Gasteiger partial charge in [-0.05, 0) is 47.5 Å². The van der Waals surface area contributed by atoms with Gasteiger partial charge in [-0.15, -0.1) is 0 Å². The SMILES string of the molecule is N#Cc1cccc(C2(c3cncc(NS(=O)(=O)c4ccccc4)c3)CNc3ncccc32)c1. The normalized spacial score (nSPS) is 16.9. The number of rotatable bonds is 5. The zero-order valence-electron chi connectivity index (χ0n) is 17.4. The van der Waals surface area contributed by atoms with Crippen molar-refractivity contribution < 1.29 is 8.42 Å². The average Bonchev–Trinajstić information content (AvgIpc) is 3.25. The summed E-state index contributed by atoms with van der Waals surface area (Å²) in [6, 6.07) is 23.5. The summed E-state index contributed by atoms with van der Waals surface area (Å²) < 4.78 is 28.4. The molecule has 0 aliphatic carbocycles. The van der Waals surface area contributed by atoms with Crippen LogP contribution in [0, 0.1) is 11.3 Å². The highest BCUT2D eigenvalue weighted by molar-refractivity contribution is 7.92. The summed E-state index contributed by atoms with van der Waals surface area (Å²) in [5.74, 6) is 0.745. The molecule has 4 aromatic rings. The molecule has 33 heavy (non-hydrogen) atoms. The summed E-state index contributed by atoms with van der Waals surface area (Å²) in [4.78, 5) is 8.98. The molecule has 0 amide bonds. The predicted molar refractivity (Wildman–Crippen MR) is 125 cm³/mol. The number of aromatic nitrogens is 2. The van der Waals surface area contributed by atoms with Gasteiger partial charge in [0.05, 0.1) is 33.8 Å². The van der Waals surface area contributed by atoms with Crippen molar-refractivity contribution in [1.29, 1.82) is 5.26 Å². The van der Waals surface area contributed by atoms with Crippen LogP contribution >= 0.6 is 0 Å². The monoisotopic (exact) mass is 453 g/mol. The number of hydrogen-bond acceptors (Lipinski definition) is 6. The third kappa shape index (κ3) is 3.58. The molecule has 0 radical (unpaired) electrons. The molecule has 2 N–H and O–H groups in total. The van der Waals surface area contributed by atoms with E-state index in [0.29, 0.717) is 17.8 Å². The van der Waals surface area contributed by atoms with Crippen molar-refractivity contribution in [3.63, 3.8) is 0 Å². The van der Waals surface area contributed by atoms with E-state index in [1.165, 1.54) is 18.3 Å². The summed E-state index contributed by atoms with van der Waals surface area (Å²) >= 11 is 0. The van der Waals surface area contributed by atoms with Crippen molar-refractivity contribution in [3.05, 3.63) is 114 Å². The van der Waals surface area contributed by atoms with Crippen LogP contribution in [0.2, 0.25) is 0 Å². The molecule has 162 valence electrons. The maximum Gasteiger partial charge on any atom is 0.261 e. The highest BCUT2D eigenvalue weighted by atomic mass is 32.2. The van der Waals surface area contributed by atoms with Gasteiger partial charge in [0.25, 0.3) is 10.0 Å². The molecule has 8 heteroatoms. The first-order chi connectivity index (χ1) is 16.0. The minimum atomic E-state index is -3.77. The summed E-state index contributed by atoms with van der Waals surface area (Å²) in [6.45, 7) is 0.491. The second kappa shape index (κ2) is 8.04. The van der Waals surface area contributed by atoms with Crippen LogP contribution in [0.15, 0.2) is 96.3 Å². The number of benzene rings is 2. The van der Waals surface area contributed by atoms with Crippen molar-refractivity contribution in [1.82, 2.24) is 9.97 Å². The molecule has 2 aromatic heterocycles. The van der Waals surface area contributed by atoms with E-state index in [9.17, 15) is 13.7 Å². The molecule has 0 fully saturated rings. The smallest absolute Gasteiger partial charge is 0.261 e. The average molecular weight is 454 g/mol. The van der Waals surface area contributed by atoms with Crippen molar-refractivity contribution in [2.24, 2.45) is 0 Å². The quantitative estimate of drug-likeness (QED) is 0.474. The molecule has 1 atom stereocenters. The van der Waals surface area contributed by atoms with Gasteiger partial charge in [-0.3, -0.25) is 9.71 Å². The van der Waals surface area contributed by atoms with Crippen molar-refractivity contribution in [2.45, 2.75) is 10.3 Å². The van der Waals surface area contributed by atoms with Crippen molar-refractivity contribution >= 4 is 21.5 Å². The van der Waals surface area contributed by atoms with Gasteiger partial charge in [-0.25, -0.2) is 13.4 Å². The second-order valence-electron chi connectivity index (χ2n) is 7.73. The lowest BCUT2D eigenvalue weighted by atomic mass is 9.71. The Morgan fingerprint density at radius 3 is 2.64 bits per heavy atom. The fraction of sp³-hybridized carbons (Fsp3) is 0.0800. The Labute approximate surface area is 191 Å². The first-order valence-corrected chi connectivity index (χ1v) is 11.7. The van der Waals surface area contributed by atoms with E-state index in [-0.39, 0.29) is 4.90 Å². The third-order valence-electron chi connectivity index (χ3n) is 5.81. The van der Waals surface area contributed by atoms with Crippen LogP contribution in [0.3, 0.4) is 0 Å². The van der Waals surface area contributed by atoms with E-state index in [1.807, 2.05) is 30.3 Å². The molecule has 0 saturated carbocycles. The van der Waals surface area contributed by atoms with Gasteiger partial charge in [0.15, 0.2) is 0 Å². The molecule has 5 rings (SSSR count). The molecule has 1 aliphatic rings. The topological polar surface area (TPSA) is 108 Å². The fourth-order valence-corrected chi connectivity index (χ4v) is 5.34. The summed E-state index contributed by atoms with van der Waals surface area (Å²) in [5.41, 5.74) is 2.81. The lowest BCUT2D eigenvalue weighted by molar-refractivity contribution is 0.601. The summed E-state index contributed by atoms with van der Waals surface area (Å²) in [7, 11) is -3.77. The molecule has 0 spiro atoms. The third-order valence-corrected chi connectivity index (χ3v) is 7.21. The number of nitrogens with zero attached hydrogens (tertiary/aromatic N) is 3. The lowest BCUT2D eigenvalue weighted by Crippen LogP contribution is -2.32. The molecule has 0 saturated heterocycles. The van der Waals surface area contributed by atoms with Crippen molar-refractivity contribution in [2.75, 3.05) is 16.6 Å². The Bertz CT molecular complexity index is 1480. The number of sulfonamides is 1. The number of hydrogen-bond donors (Lipinski definition) is 2. The van der Waals surface area contributed by atoms with Crippen LogP contribution in [0.1, 0.15) is 22.3 Å². The van der Waals surface area contributed by atoms with E-state index in [1.54, 1.807) is 42.7 Å². The van der Waals surface area contributed by atoms with Crippen LogP contribution in [-0.2, 0) is 15.4 Å². The van der Waals surface area contributed by atoms with E-state index in [0.717, 1.165) is 22.5 Å². The first kappa shape index (κ1) is 20.7. The minimum absolute atomic E-state index is 0.170. The Morgan fingerprint density at radius 1 is 0.970 bits per heavy atom. The molecule has 2 aromatic carbocycles. The lowest BCUT2D eigenvalue weighted by Gasteiger charge is -2.31. The maximum atomic E-state index is 12.9. The molecule has 1 aliphatic heterocycles. The highest BCUT2D eigenvalue weighted by Gasteiger charge is 2.43. The molecule has 7 nitrogen and oxygen atoms in total. The second-order valence-corrected chi connectivity index (χ2v) is 9.41. The molecular formula is C25H19N5O2S. The van der Waals surface area contributed by atoms with Crippen LogP contribution in [0.25, 0.3) is 0 Å². The van der Waals surface area contributed by atoms with Gasteiger partial charge in [-0.2, -0.15) is 5.26 Å². The van der Waals surface area contributed by atoms with Crippen LogP contribution in [0.5, 0.6) is 0 Å². The zero-order valence-corrected chi connectivity index (χ0v) is 18.3. The van der Waals surface area contributed by atoms with E-state index < -0.39 is 15.4 Å². The molecule has 1 unspecified atom stereocenters. The number of nitriles is 1. The van der Waals surface area contributed by atoms with E-state index in [2.05, 4.69) is 26.1 Å².